The first-order valence-electron chi connectivity index (χ1n) is 5.11. The minimum absolute atomic E-state index is 0.680. The van der Waals surface area contributed by atoms with E-state index in [0.29, 0.717) is 13.2 Å². The van der Waals surface area contributed by atoms with Crippen molar-refractivity contribution in [1.82, 2.24) is 9.59 Å². The topological polar surface area (TPSA) is 47.0 Å². The zero-order chi connectivity index (χ0) is 11.2. The van der Waals surface area contributed by atoms with Crippen LogP contribution in [-0.2, 0) is 6.54 Å². The Balaban J connectivity index is 1.96. The average Bonchev–Trinajstić information content (AvgIpc) is 2.80. The Morgan fingerprint density at radius 2 is 2.38 bits per heavy atom. The smallest absolute Gasteiger partial charge is 0.121 e. The monoisotopic (exact) mass is 235 g/mol. The van der Waals surface area contributed by atoms with Gasteiger partial charge in [0.25, 0.3) is 0 Å². The summed E-state index contributed by atoms with van der Waals surface area (Å²) < 4.78 is 9.23. The van der Waals surface area contributed by atoms with E-state index in [-0.39, 0.29) is 0 Å². The van der Waals surface area contributed by atoms with Gasteiger partial charge in [0.2, 0.25) is 0 Å². The number of nitrogens with zero attached hydrogens (tertiary/aromatic N) is 2. The van der Waals surface area contributed by atoms with Gasteiger partial charge in [-0.15, -0.1) is 5.10 Å². The van der Waals surface area contributed by atoms with Gasteiger partial charge in [-0.05, 0) is 30.6 Å². The second-order valence-electron chi connectivity index (χ2n) is 3.21. The molecule has 0 saturated heterocycles. The minimum Gasteiger partial charge on any atom is -0.494 e. The van der Waals surface area contributed by atoms with Gasteiger partial charge in [0.1, 0.15) is 5.75 Å². The predicted octanol–water partition coefficient (Wildman–Crippen LogP) is 2.55. The molecule has 0 amide bonds. The first kappa shape index (κ1) is 10.9. The maximum Gasteiger partial charge on any atom is 0.121 e. The lowest BCUT2D eigenvalue weighted by molar-refractivity contribution is 0.340. The molecule has 0 unspecified atom stereocenters. The summed E-state index contributed by atoms with van der Waals surface area (Å²) in [7, 11) is 0. The van der Waals surface area contributed by atoms with Crippen molar-refractivity contribution in [2.24, 2.45) is 0 Å². The molecule has 0 radical (unpaired) electrons. The standard InChI is InChI=1S/C11H13N3OS/c1-2-15-11-5-3-4-9(6-11)12-7-10-8-16-14-13-10/h3-6,8,12H,2,7H2,1H3. The molecule has 2 rings (SSSR count). The molecule has 5 heteroatoms. The maximum atomic E-state index is 5.42. The normalized spacial score (nSPS) is 10.1. The molecule has 84 valence electrons. The summed E-state index contributed by atoms with van der Waals surface area (Å²) in [5, 5.41) is 9.16. The summed E-state index contributed by atoms with van der Waals surface area (Å²) in [6, 6.07) is 7.89. The lowest BCUT2D eigenvalue weighted by Crippen LogP contribution is -2.00. The largest absolute Gasteiger partial charge is 0.494 e. The molecule has 4 nitrogen and oxygen atoms in total. The van der Waals surface area contributed by atoms with Crippen LogP contribution < -0.4 is 10.1 Å². The van der Waals surface area contributed by atoms with Gasteiger partial charge in [0, 0.05) is 17.1 Å². The minimum atomic E-state index is 0.680. The third-order valence-corrected chi connectivity index (χ3v) is 2.58. The van der Waals surface area contributed by atoms with Gasteiger partial charge in [-0.3, -0.25) is 0 Å². The lowest BCUT2D eigenvalue weighted by atomic mass is 10.3. The number of anilines is 1. The number of hydrogen-bond acceptors (Lipinski definition) is 5. The van der Waals surface area contributed by atoms with Crippen LogP contribution in [0.3, 0.4) is 0 Å². The van der Waals surface area contributed by atoms with E-state index in [1.807, 2.05) is 36.6 Å². The molecular formula is C11H13N3OS. The maximum absolute atomic E-state index is 5.42. The van der Waals surface area contributed by atoms with Crippen molar-refractivity contribution in [1.29, 1.82) is 0 Å². The molecule has 1 N–H and O–H groups in total. The van der Waals surface area contributed by atoms with Gasteiger partial charge < -0.3 is 10.1 Å². The molecule has 0 fully saturated rings. The van der Waals surface area contributed by atoms with Gasteiger partial charge in [-0.1, -0.05) is 10.6 Å². The van der Waals surface area contributed by atoms with Crippen LogP contribution in [0.25, 0.3) is 0 Å². The van der Waals surface area contributed by atoms with Gasteiger partial charge in [0.15, 0.2) is 0 Å². The van der Waals surface area contributed by atoms with Crippen LogP contribution in [0.15, 0.2) is 29.6 Å². The highest BCUT2D eigenvalue weighted by Crippen LogP contribution is 2.17. The zero-order valence-electron chi connectivity index (χ0n) is 9.01. The molecule has 16 heavy (non-hydrogen) atoms. The number of hydrogen-bond donors (Lipinski definition) is 1. The Bertz CT molecular complexity index is 431. The fourth-order valence-electron chi connectivity index (χ4n) is 1.32. The zero-order valence-corrected chi connectivity index (χ0v) is 9.83. The van der Waals surface area contributed by atoms with Crippen LogP contribution in [0.5, 0.6) is 5.75 Å². The molecule has 0 aliphatic carbocycles. The van der Waals surface area contributed by atoms with Gasteiger partial charge >= 0.3 is 0 Å². The number of benzene rings is 1. The predicted molar refractivity (Wildman–Crippen MR) is 64.8 cm³/mol. The molecule has 0 atom stereocenters. The highest BCUT2D eigenvalue weighted by atomic mass is 32.1. The summed E-state index contributed by atoms with van der Waals surface area (Å²) in [6.07, 6.45) is 0. The first-order chi connectivity index (χ1) is 7.88. The summed E-state index contributed by atoms with van der Waals surface area (Å²) in [5.41, 5.74) is 1.98. The lowest BCUT2D eigenvalue weighted by Gasteiger charge is -2.07. The van der Waals surface area contributed by atoms with E-state index >= 15 is 0 Å². The van der Waals surface area contributed by atoms with Crippen LogP contribution in [0, 0.1) is 0 Å². The Labute approximate surface area is 98.4 Å². The van der Waals surface area contributed by atoms with E-state index in [9.17, 15) is 0 Å². The van der Waals surface area contributed by atoms with Crippen molar-refractivity contribution >= 4 is 17.2 Å². The van der Waals surface area contributed by atoms with Crippen LogP contribution in [-0.4, -0.2) is 16.2 Å². The van der Waals surface area contributed by atoms with Gasteiger partial charge in [0.05, 0.1) is 18.8 Å². The van der Waals surface area contributed by atoms with Crippen molar-refractivity contribution in [2.45, 2.75) is 13.5 Å². The fraction of sp³-hybridized carbons (Fsp3) is 0.273. The second-order valence-corrected chi connectivity index (χ2v) is 3.82. The molecule has 0 bridgehead atoms. The van der Waals surface area contributed by atoms with E-state index in [0.717, 1.165) is 17.1 Å². The summed E-state index contributed by atoms with van der Waals surface area (Å²) >= 11 is 1.36. The van der Waals surface area contributed by atoms with Crippen LogP contribution in [0.4, 0.5) is 5.69 Å². The number of ether oxygens (including phenoxy) is 1. The quantitative estimate of drug-likeness (QED) is 0.865. The molecule has 1 aromatic heterocycles. The third-order valence-electron chi connectivity index (χ3n) is 2.02. The van der Waals surface area contributed by atoms with E-state index in [1.165, 1.54) is 11.5 Å². The van der Waals surface area contributed by atoms with Crippen molar-refractivity contribution in [3.8, 4) is 5.75 Å². The Morgan fingerprint density at radius 1 is 1.44 bits per heavy atom. The van der Waals surface area contributed by atoms with Gasteiger partial charge in [-0.2, -0.15) is 0 Å². The van der Waals surface area contributed by atoms with Crippen molar-refractivity contribution < 1.29 is 4.74 Å². The third kappa shape index (κ3) is 2.93. The van der Waals surface area contributed by atoms with Crippen LogP contribution in [0.1, 0.15) is 12.6 Å². The van der Waals surface area contributed by atoms with Crippen molar-refractivity contribution in [3.63, 3.8) is 0 Å². The Kier molecular flexibility index (Phi) is 3.71. The Hall–Kier alpha value is -1.62. The first-order valence-corrected chi connectivity index (χ1v) is 5.95. The highest BCUT2D eigenvalue weighted by molar-refractivity contribution is 7.03. The molecule has 0 spiro atoms. The van der Waals surface area contributed by atoms with E-state index in [1.54, 1.807) is 0 Å². The average molecular weight is 235 g/mol. The number of aromatic nitrogens is 2. The SMILES string of the molecule is CCOc1cccc(NCc2csnn2)c1. The van der Waals surface area contributed by atoms with Gasteiger partial charge in [-0.25, -0.2) is 0 Å². The van der Waals surface area contributed by atoms with E-state index in [4.69, 9.17) is 4.74 Å². The molecular weight excluding hydrogens is 222 g/mol. The molecule has 0 saturated carbocycles. The molecule has 1 heterocycles. The Morgan fingerprint density at radius 3 is 3.12 bits per heavy atom. The fourth-order valence-corrected chi connectivity index (χ4v) is 1.77. The van der Waals surface area contributed by atoms with E-state index in [2.05, 4.69) is 14.9 Å². The summed E-state index contributed by atoms with van der Waals surface area (Å²) in [4.78, 5) is 0. The van der Waals surface area contributed by atoms with E-state index < -0.39 is 0 Å². The summed E-state index contributed by atoms with van der Waals surface area (Å²) in [5.74, 6) is 0.879. The number of nitrogens with one attached hydrogen (secondary N) is 1. The van der Waals surface area contributed by atoms with Crippen molar-refractivity contribution in [3.05, 3.63) is 35.3 Å². The summed E-state index contributed by atoms with van der Waals surface area (Å²) in [6.45, 7) is 3.34. The molecule has 1 aromatic carbocycles. The second kappa shape index (κ2) is 5.46. The molecule has 0 aliphatic heterocycles. The van der Waals surface area contributed by atoms with Crippen LogP contribution in [0.2, 0.25) is 0 Å². The number of rotatable bonds is 5. The molecule has 0 aliphatic rings. The highest BCUT2D eigenvalue weighted by Gasteiger charge is 1.98. The molecule has 2 aromatic rings. The van der Waals surface area contributed by atoms with Crippen molar-refractivity contribution in [2.75, 3.05) is 11.9 Å². The van der Waals surface area contributed by atoms with Crippen LogP contribution >= 0.6 is 11.5 Å².